The first-order valence-corrected chi connectivity index (χ1v) is 4.84. The van der Waals surface area contributed by atoms with Crippen LogP contribution in [0.2, 0.25) is 0 Å². The lowest BCUT2D eigenvalue weighted by molar-refractivity contribution is 0.246. The fourth-order valence-electron chi connectivity index (χ4n) is 2.07. The molecule has 0 heterocycles. The molecule has 0 aromatic heterocycles. The van der Waals surface area contributed by atoms with E-state index in [1.54, 1.807) is 0 Å². The molecule has 13 heavy (non-hydrogen) atoms. The van der Waals surface area contributed by atoms with Gasteiger partial charge in [0.05, 0.1) is 0 Å². The standard InChI is InChI=1S/C12H19N/c1-4-10-7-8-12(13,6-3)11(5-2)9-10/h4-6,10-11H,1-3,7-9,13H2/t10-,11?,12-/m1/s1. The third-order valence-electron chi connectivity index (χ3n) is 3.19. The largest absolute Gasteiger partial charge is 0.321 e. The van der Waals surface area contributed by atoms with Crippen LogP contribution in [-0.4, -0.2) is 5.54 Å². The van der Waals surface area contributed by atoms with E-state index in [0.29, 0.717) is 11.8 Å². The monoisotopic (exact) mass is 177 g/mol. The van der Waals surface area contributed by atoms with E-state index in [9.17, 15) is 0 Å². The van der Waals surface area contributed by atoms with Gasteiger partial charge in [-0.15, -0.1) is 19.7 Å². The van der Waals surface area contributed by atoms with Gasteiger partial charge in [-0.3, -0.25) is 0 Å². The Labute approximate surface area is 81.0 Å². The molecule has 3 atom stereocenters. The van der Waals surface area contributed by atoms with E-state index in [1.165, 1.54) is 0 Å². The second-order valence-electron chi connectivity index (χ2n) is 3.93. The molecule has 1 fully saturated rings. The Balaban J connectivity index is 2.76. The summed E-state index contributed by atoms with van der Waals surface area (Å²) < 4.78 is 0. The fourth-order valence-corrected chi connectivity index (χ4v) is 2.07. The molecule has 0 aromatic rings. The molecule has 1 saturated carbocycles. The van der Waals surface area contributed by atoms with E-state index in [-0.39, 0.29) is 5.54 Å². The van der Waals surface area contributed by atoms with Crippen LogP contribution in [0.4, 0.5) is 0 Å². The van der Waals surface area contributed by atoms with Crippen molar-refractivity contribution in [2.75, 3.05) is 0 Å². The Morgan fingerprint density at radius 2 is 1.92 bits per heavy atom. The predicted molar refractivity (Wildman–Crippen MR) is 58.3 cm³/mol. The first-order valence-electron chi connectivity index (χ1n) is 4.84. The van der Waals surface area contributed by atoms with E-state index in [4.69, 9.17) is 5.73 Å². The van der Waals surface area contributed by atoms with Crippen molar-refractivity contribution in [1.82, 2.24) is 0 Å². The number of allylic oxidation sites excluding steroid dienone is 1. The molecular formula is C12H19N. The van der Waals surface area contributed by atoms with Crippen LogP contribution in [0.5, 0.6) is 0 Å². The molecule has 0 bridgehead atoms. The summed E-state index contributed by atoms with van der Waals surface area (Å²) in [5.74, 6) is 0.946. The van der Waals surface area contributed by atoms with Gasteiger partial charge in [0.1, 0.15) is 0 Å². The molecule has 0 spiro atoms. The summed E-state index contributed by atoms with van der Waals surface area (Å²) >= 11 is 0. The first-order chi connectivity index (χ1) is 6.16. The molecule has 0 saturated heterocycles. The van der Waals surface area contributed by atoms with Gasteiger partial charge >= 0.3 is 0 Å². The lowest BCUT2D eigenvalue weighted by Gasteiger charge is -2.40. The van der Waals surface area contributed by atoms with Crippen LogP contribution in [0.3, 0.4) is 0 Å². The van der Waals surface area contributed by atoms with Gasteiger partial charge in [-0.25, -0.2) is 0 Å². The number of hydrogen-bond acceptors (Lipinski definition) is 1. The lowest BCUT2D eigenvalue weighted by Crippen LogP contribution is -2.48. The highest BCUT2D eigenvalue weighted by atomic mass is 14.8. The lowest BCUT2D eigenvalue weighted by atomic mass is 9.69. The van der Waals surface area contributed by atoms with Crippen LogP contribution in [0.25, 0.3) is 0 Å². The van der Waals surface area contributed by atoms with Gasteiger partial charge in [0, 0.05) is 5.54 Å². The maximum atomic E-state index is 6.21. The smallest absolute Gasteiger partial charge is 0.0400 e. The highest BCUT2D eigenvalue weighted by molar-refractivity contribution is 5.13. The van der Waals surface area contributed by atoms with E-state index >= 15 is 0 Å². The summed E-state index contributed by atoms with van der Waals surface area (Å²) in [6, 6.07) is 0. The van der Waals surface area contributed by atoms with E-state index in [1.807, 2.05) is 18.2 Å². The molecular weight excluding hydrogens is 158 g/mol. The van der Waals surface area contributed by atoms with Crippen molar-refractivity contribution in [2.24, 2.45) is 17.6 Å². The second-order valence-corrected chi connectivity index (χ2v) is 3.93. The highest BCUT2D eigenvalue weighted by Gasteiger charge is 2.35. The zero-order valence-electron chi connectivity index (χ0n) is 8.21. The molecule has 1 heteroatoms. The molecule has 0 aliphatic heterocycles. The van der Waals surface area contributed by atoms with Crippen LogP contribution in [0.15, 0.2) is 38.0 Å². The van der Waals surface area contributed by atoms with Crippen molar-refractivity contribution in [3.8, 4) is 0 Å². The van der Waals surface area contributed by atoms with Gasteiger partial charge < -0.3 is 5.73 Å². The van der Waals surface area contributed by atoms with Crippen molar-refractivity contribution in [2.45, 2.75) is 24.8 Å². The average molecular weight is 177 g/mol. The van der Waals surface area contributed by atoms with Gasteiger partial charge in [0.15, 0.2) is 0 Å². The highest BCUT2D eigenvalue weighted by Crippen LogP contribution is 2.37. The maximum absolute atomic E-state index is 6.21. The SMILES string of the molecule is C=CC1C[C@H](C=C)CC[C@]1(N)C=C. The predicted octanol–water partition coefficient (Wildman–Crippen LogP) is 2.66. The van der Waals surface area contributed by atoms with Crippen molar-refractivity contribution in [1.29, 1.82) is 0 Å². The van der Waals surface area contributed by atoms with E-state index < -0.39 is 0 Å². The normalized spacial score (nSPS) is 39.5. The summed E-state index contributed by atoms with van der Waals surface area (Å²) in [5, 5.41) is 0. The van der Waals surface area contributed by atoms with Crippen molar-refractivity contribution < 1.29 is 0 Å². The van der Waals surface area contributed by atoms with Crippen LogP contribution >= 0.6 is 0 Å². The quantitative estimate of drug-likeness (QED) is 0.659. The summed E-state index contributed by atoms with van der Waals surface area (Å²) in [4.78, 5) is 0. The zero-order valence-corrected chi connectivity index (χ0v) is 8.21. The minimum atomic E-state index is -0.235. The van der Waals surface area contributed by atoms with Crippen molar-refractivity contribution in [3.63, 3.8) is 0 Å². The summed E-state index contributed by atoms with van der Waals surface area (Å²) in [6.07, 6.45) is 9.03. The molecule has 1 aliphatic rings. The van der Waals surface area contributed by atoms with Crippen LogP contribution in [-0.2, 0) is 0 Å². The topological polar surface area (TPSA) is 26.0 Å². The minimum absolute atomic E-state index is 0.235. The third kappa shape index (κ3) is 1.92. The van der Waals surface area contributed by atoms with Crippen molar-refractivity contribution in [3.05, 3.63) is 38.0 Å². The Morgan fingerprint density at radius 3 is 2.38 bits per heavy atom. The summed E-state index contributed by atoms with van der Waals surface area (Å²) in [6.45, 7) is 11.5. The summed E-state index contributed by atoms with van der Waals surface area (Å²) in [5.41, 5.74) is 5.97. The molecule has 0 radical (unpaired) electrons. The maximum Gasteiger partial charge on any atom is 0.0400 e. The third-order valence-corrected chi connectivity index (χ3v) is 3.19. The van der Waals surface area contributed by atoms with E-state index in [2.05, 4.69) is 19.7 Å². The van der Waals surface area contributed by atoms with Crippen LogP contribution in [0, 0.1) is 11.8 Å². The Kier molecular flexibility index (Phi) is 3.10. The Bertz CT molecular complexity index is 219. The molecule has 0 aromatic carbocycles. The molecule has 0 amide bonds. The van der Waals surface area contributed by atoms with Gasteiger partial charge in [0.2, 0.25) is 0 Å². The molecule has 1 unspecified atom stereocenters. The van der Waals surface area contributed by atoms with E-state index in [0.717, 1.165) is 19.3 Å². The fraction of sp³-hybridized carbons (Fsp3) is 0.500. The van der Waals surface area contributed by atoms with Gasteiger partial charge in [-0.1, -0.05) is 18.2 Å². The van der Waals surface area contributed by atoms with Gasteiger partial charge in [0.25, 0.3) is 0 Å². The van der Waals surface area contributed by atoms with Crippen LogP contribution in [0.1, 0.15) is 19.3 Å². The van der Waals surface area contributed by atoms with Gasteiger partial charge in [-0.2, -0.15) is 0 Å². The Morgan fingerprint density at radius 1 is 1.23 bits per heavy atom. The molecule has 1 aliphatic carbocycles. The zero-order chi connectivity index (χ0) is 9.90. The molecule has 1 rings (SSSR count). The average Bonchev–Trinajstić information content (AvgIpc) is 2.18. The van der Waals surface area contributed by atoms with Crippen LogP contribution < -0.4 is 5.73 Å². The van der Waals surface area contributed by atoms with Crippen molar-refractivity contribution >= 4 is 0 Å². The van der Waals surface area contributed by atoms with Gasteiger partial charge in [-0.05, 0) is 31.1 Å². The first kappa shape index (κ1) is 10.3. The molecule has 1 nitrogen and oxygen atoms in total. The Hall–Kier alpha value is -0.820. The second kappa shape index (κ2) is 3.93. The minimum Gasteiger partial charge on any atom is -0.321 e. The molecule has 72 valence electrons. The number of rotatable bonds is 3. The number of nitrogens with two attached hydrogens (primary N) is 1. The molecule has 2 N–H and O–H groups in total. The number of hydrogen-bond donors (Lipinski definition) is 1. The summed E-state index contributed by atoms with van der Waals surface area (Å²) in [7, 11) is 0.